The molecule has 0 aliphatic carbocycles. The first-order chi connectivity index (χ1) is 8.95. The van der Waals surface area contributed by atoms with Crippen LogP contribution in [0.5, 0.6) is 0 Å². The van der Waals surface area contributed by atoms with E-state index in [0.717, 1.165) is 32.6 Å². The fraction of sp³-hybridized carbons (Fsp3) is 0.846. The summed E-state index contributed by atoms with van der Waals surface area (Å²) in [6, 6.07) is 0.152. The molecule has 1 amide bonds. The zero-order valence-corrected chi connectivity index (χ0v) is 12.9. The molecule has 0 spiro atoms. The van der Waals surface area contributed by atoms with Gasteiger partial charge in [-0.15, -0.1) is 0 Å². The maximum atomic E-state index is 11.9. The Hall–Kier alpha value is -0.720. The lowest BCUT2D eigenvalue weighted by atomic mass is 10.1. The van der Waals surface area contributed by atoms with Crippen molar-refractivity contribution >= 4 is 23.1 Å². The first-order valence-electron chi connectivity index (χ1n) is 6.88. The normalized spacial score (nSPS) is 18.6. The van der Waals surface area contributed by atoms with Crippen LogP contribution in [0.25, 0.3) is 0 Å². The number of nitrogens with two attached hydrogens (primary N) is 1. The fourth-order valence-electron chi connectivity index (χ4n) is 2.25. The number of ether oxygens (including phenoxy) is 1. The van der Waals surface area contributed by atoms with Gasteiger partial charge in [0, 0.05) is 26.2 Å². The van der Waals surface area contributed by atoms with Gasteiger partial charge in [-0.2, -0.15) is 0 Å². The molecular formula is C13H25N3O2S. The van der Waals surface area contributed by atoms with E-state index < -0.39 is 0 Å². The molecular weight excluding hydrogens is 262 g/mol. The van der Waals surface area contributed by atoms with Crippen LogP contribution < -0.4 is 5.73 Å². The molecule has 1 aliphatic rings. The molecule has 1 saturated heterocycles. The number of amides is 1. The minimum Gasteiger partial charge on any atom is -0.392 e. The second-order valence-corrected chi connectivity index (χ2v) is 5.57. The molecule has 0 saturated carbocycles. The summed E-state index contributed by atoms with van der Waals surface area (Å²) in [7, 11) is 0. The standard InChI is InChI=1S/C13H25N3O2S/c1-4-11(13(14)19)15-5-7-16(8-6-15)12(17)9-18-10(2)3/h10-11H,4-9H2,1-3H3,(H2,14,19). The van der Waals surface area contributed by atoms with Crippen molar-refractivity contribution in [2.24, 2.45) is 5.73 Å². The topological polar surface area (TPSA) is 58.8 Å². The van der Waals surface area contributed by atoms with E-state index in [1.807, 2.05) is 18.7 Å². The van der Waals surface area contributed by atoms with E-state index in [9.17, 15) is 4.79 Å². The monoisotopic (exact) mass is 287 g/mol. The van der Waals surface area contributed by atoms with Gasteiger partial charge in [0.15, 0.2) is 0 Å². The van der Waals surface area contributed by atoms with Crippen LogP contribution in [0.2, 0.25) is 0 Å². The summed E-state index contributed by atoms with van der Waals surface area (Å²) >= 11 is 5.08. The van der Waals surface area contributed by atoms with Crippen molar-refractivity contribution < 1.29 is 9.53 Å². The minimum absolute atomic E-state index is 0.0664. The number of piperazine rings is 1. The Bertz CT molecular complexity index is 315. The molecule has 0 aromatic carbocycles. The molecule has 5 nitrogen and oxygen atoms in total. The van der Waals surface area contributed by atoms with Gasteiger partial charge in [-0.05, 0) is 20.3 Å². The number of hydrogen-bond donors (Lipinski definition) is 1. The Balaban J connectivity index is 2.40. The van der Waals surface area contributed by atoms with Gasteiger partial charge in [0.2, 0.25) is 5.91 Å². The number of hydrogen-bond acceptors (Lipinski definition) is 4. The van der Waals surface area contributed by atoms with Gasteiger partial charge >= 0.3 is 0 Å². The maximum absolute atomic E-state index is 11.9. The Morgan fingerprint density at radius 1 is 1.32 bits per heavy atom. The molecule has 1 fully saturated rings. The third-order valence-corrected chi connectivity index (χ3v) is 3.64. The average molecular weight is 287 g/mol. The summed E-state index contributed by atoms with van der Waals surface area (Å²) in [5.74, 6) is 0.0664. The Morgan fingerprint density at radius 3 is 2.32 bits per heavy atom. The molecule has 1 heterocycles. The van der Waals surface area contributed by atoms with Crippen molar-refractivity contribution in [3.05, 3.63) is 0 Å². The van der Waals surface area contributed by atoms with E-state index in [2.05, 4.69) is 11.8 Å². The van der Waals surface area contributed by atoms with E-state index in [1.165, 1.54) is 0 Å². The van der Waals surface area contributed by atoms with Gasteiger partial charge in [-0.3, -0.25) is 9.69 Å². The van der Waals surface area contributed by atoms with Crippen LogP contribution in [0.3, 0.4) is 0 Å². The number of carbonyl (C=O) groups excluding carboxylic acids is 1. The van der Waals surface area contributed by atoms with E-state index in [-0.39, 0.29) is 24.7 Å². The SMILES string of the molecule is CCC(C(N)=S)N1CCN(C(=O)COC(C)C)CC1. The molecule has 19 heavy (non-hydrogen) atoms. The van der Waals surface area contributed by atoms with Gasteiger partial charge in [-0.25, -0.2) is 0 Å². The molecule has 0 aromatic rings. The number of nitrogens with zero attached hydrogens (tertiary/aromatic N) is 2. The third-order valence-electron chi connectivity index (χ3n) is 3.36. The van der Waals surface area contributed by atoms with Crippen molar-refractivity contribution in [2.75, 3.05) is 32.8 Å². The van der Waals surface area contributed by atoms with Gasteiger partial charge in [0.05, 0.1) is 17.1 Å². The molecule has 0 bridgehead atoms. The van der Waals surface area contributed by atoms with Gasteiger partial charge < -0.3 is 15.4 Å². The summed E-state index contributed by atoms with van der Waals surface area (Å²) in [6.45, 7) is 9.20. The average Bonchev–Trinajstić information content (AvgIpc) is 2.37. The van der Waals surface area contributed by atoms with Crippen molar-refractivity contribution in [3.63, 3.8) is 0 Å². The number of rotatable bonds is 6. The second-order valence-electron chi connectivity index (χ2n) is 5.10. The molecule has 1 aliphatic heterocycles. The summed E-state index contributed by atoms with van der Waals surface area (Å²) in [6.07, 6.45) is 1.00. The Kier molecular flexibility index (Phi) is 6.68. The zero-order chi connectivity index (χ0) is 14.4. The van der Waals surface area contributed by atoms with Gasteiger partial charge in [-0.1, -0.05) is 19.1 Å². The highest BCUT2D eigenvalue weighted by molar-refractivity contribution is 7.80. The highest BCUT2D eigenvalue weighted by atomic mass is 32.1. The zero-order valence-electron chi connectivity index (χ0n) is 12.1. The summed E-state index contributed by atoms with van der Waals surface area (Å²) in [5.41, 5.74) is 5.74. The van der Waals surface area contributed by atoms with E-state index in [4.69, 9.17) is 22.7 Å². The fourth-order valence-corrected chi connectivity index (χ4v) is 2.57. The van der Waals surface area contributed by atoms with Crippen LogP contribution in [0.1, 0.15) is 27.2 Å². The predicted molar refractivity (Wildman–Crippen MR) is 80.1 cm³/mol. The van der Waals surface area contributed by atoms with Crippen molar-refractivity contribution in [2.45, 2.75) is 39.3 Å². The summed E-state index contributed by atoms with van der Waals surface area (Å²) in [5, 5.41) is 0. The molecule has 1 atom stereocenters. The lowest BCUT2D eigenvalue weighted by molar-refractivity contribution is -0.139. The number of carbonyl (C=O) groups is 1. The van der Waals surface area contributed by atoms with Crippen molar-refractivity contribution in [1.82, 2.24) is 9.80 Å². The Morgan fingerprint density at radius 2 is 1.89 bits per heavy atom. The summed E-state index contributed by atoms with van der Waals surface area (Å²) in [4.78, 5) is 16.6. The lowest BCUT2D eigenvalue weighted by Gasteiger charge is -2.38. The van der Waals surface area contributed by atoms with Crippen molar-refractivity contribution in [1.29, 1.82) is 0 Å². The van der Waals surface area contributed by atoms with E-state index in [0.29, 0.717) is 4.99 Å². The first-order valence-corrected chi connectivity index (χ1v) is 7.29. The maximum Gasteiger partial charge on any atom is 0.248 e. The Labute approximate surface area is 121 Å². The molecule has 0 aromatic heterocycles. The minimum atomic E-state index is 0.0664. The molecule has 110 valence electrons. The van der Waals surface area contributed by atoms with Crippen LogP contribution in [0.15, 0.2) is 0 Å². The molecule has 6 heteroatoms. The van der Waals surface area contributed by atoms with Crippen LogP contribution in [0, 0.1) is 0 Å². The lowest BCUT2D eigenvalue weighted by Crippen LogP contribution is -2.55. The quantitative estimate of drug-likeness (QED) is 0.726. The largest absolute Gasteiger partial charge is 0.392 e. The van der Waals surface area contributed by atoms with Gasteiger partial charge in [0.25, 0.3) is 0 Å². The van der Waals surface area contributed by atoms with Crippen LogP contribution in [0.4, 0.5) is 0 Å². The highest BCUT2D eigenvalue weighted by Gasteiger charge is 2.26. The second kappa shape index (κ2) is 7.77. The first kappa shape index (κ1) is 16.3. The summed E-state index contributed by atoms with van der Waals surface area (Å²) < 4.78 is 5.34. The molecule has 1 unspecified atom stereocenters. The highest BCUT2D eigenvalue weighted by Crippen LogP contribution is 2.10. The van der Waals surface area contributed by atoms with Crippen LogP contribution in [-0.4, -0.2) is 65.6 Å². The van der Waals surface area contributed by atoms with Crippen molar-refractivity contribution in [3.8, 4) is 0 Å². The third kappa shape index (κ3) is 5.04. The van der Waals surface area contributed by atoms with E-state index >= 15 is 0 Å². The smallest absolute Gasteiger partial charge is 0.248 e. The molecule has 0 radical (unpaired) electrons. The van der Waals surface area contributed by atoms with Crippen LogP contribution >= 0.6 is 12.2 Å². The molecule has 2 N–H and O–H groups in total. The predicted octanol–water partition coefficient (Wildman–Crippen LogP) is 0.620. The molecule has 1 rings (SSSR count). The van der Waals surface area contributed by atoms with Gasteiger partial charge in [0.1, 0.15) is 6.61 Å². The number of thiocarbonyl (C=S) groups is 1. The van der Waals surface area contributed by atoms with Crippen LogP contribution in [-0.2, 0) is 9.53 Å². The van der Waals surface area contributed by atoms with E-state index in [1.54, 1.807) is 0 Å².